The van der Waals surface area contributed by atoms with Crippen LogP contribution in [0.15, 0.2) is 41.3 Å². The first kappa shape index (κ1) is 11.1. The van der Waals surface area contributed by atoms with Gasteiger partial charge in [-0.1, -0.05) is 6.07 Å². The molecule has 0 aliphatic heterocycles. The van der Waals surface area contributed by atoms with E-state index in [2.05, 4.69) is 0 Å². The monoisotopic (exact) mass is 227 g/mol. The molecule has 0 saturated heterocycles. The molecule has 0 saturated carbocycles. The van der Waals surface area contributed by atoms with Crippen LogP contribution in [-0.4, -0.2) is 10.8 Å². The highest BCUT2D eigenvalue weighted by Crippen LogP contribution is 2.21. The number of nitrogens with zero attached hydrogens (tertiary/aromatic N) is 1. The van der Waals surface area contributed by atoms with E-state index in [9.17, 15) is 4.79 Å². The number of nitrogen functional groups attached to an aromatic ring is 1. The Kier molecular flexibility index (Phi) is 2.78. The van der Waals surface area contributed by atoms with Gasteiger partial charge in [0, 0.05) is 36.8 Å². The molecule has 0 bridgehead atoms. The number of hydrogen-bond acceptors (Lipinski definition) is 3. The number of pyridine rings is 1. The molecule has 86 valence electrons. The Balaban J connectivity index is 2.56. The van der Waals surface area contributed by atoms with Crippen LogP contribution in [0.25, 0.3) is 11.1 Å². The van der Waals surface area contributed by atoms with E-state index >= 15 is 0 Å². The summed E-state index contributed by atoms with van der Waals surface area (Å²) in [6, 6.07) is 8.77. The minimum absolute atomic E-state index is 0.0449. The molecule has 0 fully saturated rings. The van der Waals surface area contributed by atoms with Crippen LogP contribution in [0.4, 0.5) is 5.69 Å². The molecule has 2 aromatic rings. The third kappa shape index (κ3) is 2.10. The Bertz CT molecular complexity index is 629. The summed E-state index contributed by atoms with van der Waals surface area (Å²) in [7, 11) is 1.71. The van der Waals surface area contributed by atoms with Crippen molar-refractivity contribution in [3.63, 3.8) is 0 Å². The largest absolute Gasteiger partial charge is 0.398 e. The number of anilines is 1. The summed E-state index contributed by atoms with van der Waals surface area (Å²) in [6.07, 6.45) is 2.99. The van der Waals surface area contributed by atoms with Crippen molar-refractivity contribution < 1.29 is 0 Å². The summed E-state index contributed by atoms with van der Waals surface area (Å²) in [6.45, 7) is 0. The number of benzene rings is 1. The van der Waals surface area contributed by atoms with E-state index in [1.807, 2.05) is 12.1 Å². The Labute approximate surface area is 98.8 Å². The molecule has 0 amide bonds. The third-order valence-corrected chi connectivity index (χ3v) is 2.66. The maximum Gasteiger partial charge on any atom is 0.250 e. The lowest BCUT2D eigenvalue weighted by Crippen LogP contribution is -2.13. The lowest BCUT2D eigenvalue weighted by atomic mass is 10.0. The van der Waals surface area contributed by atoms with Crippen LogP contribution in [-0.2, 0) is 7.05 Å². The van der Waals surface area contributed by atoms with Crippen molar-refractivity contribution in [3.8, 4) is 11.1 Å². The SMILES string of the molecule is Cn1cc(-c2ccc(N)c(C=N)c2)ccc1=O. The smallest absolute Gasteiger partial charge is 0.250 e. The van der Waals surface area contributed by atoms with Crippen molar-refractivity contribution in [2.45, 2.75) is 0 Å². The highest BCUT2D eigenvalue weighted by atomic mass is 16.1. The van der Waals surface area contributed by atoms with Crippen molar-refractivity contribution in [1.29, 1.82) is 5.41 Å². The molecule has 0 atom stereocenters. The number of rotatable bonds is 2. The van der Waals surface area contributed by atoms with E-state index in [4.69, 9.17) is 11.1 Å². The standard InChI is InChI=1S/C13H13N3O/c1-16-8-10(3-5-13(16)17)9-2-4-12(15)11(6-9)7-14/h2-8,14H,15H2,1H3. The Morgan fingerprint density at radius 3 is 2.59 bits per heavy atom. The molecular weight excluding hydrogens is 214 g/mol. The maximum atomic E-state index is 11.3. The van der Waals surface area contributed by atoms with Crippen molar-refractivity contribution in [2.24, 2.45) is 7.05 Å². The Hall–Kier alpha value is -2.36. The lowest BCUT2D eigenvalue weighted by molar-refractivity contribution is 0.862. The second kappa shape index (κ2) is 4.25. The fraction of sp³-hybridized carbons (Fsp3) is 0.0769. The van der Waals surface area contributed by atoms with Crippen LogP contribution in [0.5, 0.6) is 0 Å². The van der Waals surface area contributed by atoms with E-state index < -0.39 is 0 Å². The molecule has 0 aliphatic rings. The zero-order chi connectivity index (χ0) is 12.4. The molecule has 0 unspecified atom stereocenters. The zero-order valence-corrected chi connectivity index (χ0v) is 9.47. The van der Waals surface area contributed by atoms with Gasteiger partial charge in [0.05, 0.1) is 0 Å². The van der Waals surface area contributed by atoms with Crippen LogP contribution < -0.4 is 11.3 Å². The number of hydrogen-bond donors (Lipinski definition) is 2. The van der Waals surface area contributed by atoms with Crippen LogP contribution in [0.1, 0.15) is 5.56 Å². The lowest BCUT2D eigenvalue weighted by Gasteiger charge is -2.06. The summed E-state index contributed by atoms with van der Waals surface area (Å²) < 4.78 is 1.52. The van der Waals surface area contributed by atoms with Gasteiger partial charge in [0.1, 0.15) is 0 Å². The topological polar surface area (TPSA) is 71.9 Å². The number of aromatic nitrogens is 1. The maximum absolute atomic E-state index is 11.3. The van der Waals surface area contributed by atoms with Gasteiger partial charge in [-0.25, -0.2) is 0 Å². The van der Waals surface area contributed by atoms with Gasteiger partial charge in [-0.3, -0.25) is 4.79 Å². The van der Waals surface area contributed by atoms with Crippen LogP contribution in [0, 0.1) is 5.41 Å². The van der Waals surface area contributed by atoms with Crippen LogP contribution >= 0.6 is 0 Å². The Morgan fingerprint density at radius 1 is 1.24 bits per heavy atom. The van der Waals surface area contributed by atoms with E-state index in [1.165, 1.54) is 16.8 Å². The highest BCUT2D eigenvalue weighted by Gasteiger charge is 2.02. The minimum atomic E-state index is -0.0449. The predicted octanol–water partition coefficient (Wildman–Crippen LogP) is 1.63. The van der Waals surface area contributed by atoms with Crippen molar-refractivity contribution >= 4 is 11.9 Å². The quantitative estimate of drug-likeness (QED) is 0.604. The molecule has 17 heavy (non-hydrogen) atoms. The molecule has 2 rings (SSSR count). The van der Waals surface area contributed by atoms with Gasteiger partial charge in [-0.05, 0) is 29.3 Å². The van der Waals surface area contributed by atoms with E-state index in [1.54, 1.807) is 25.4 Å². The molecule has 3 N–H and O–H groups in total. The predicted molar refractivity (Wildman–Crippen MR) is 69.4 cm³/mol. The normalized spacial score (nSPS) is 10.2. The van der Waals surface area contributed by atoms with Gasteiger partial charge >= 0.3 is 0 Å². The van der Waals surface area contributed by atoms with Crippen LogP contribution in [0.2, 0.25) is 0 Å². The van der Waals surface area contributed by atoms with E-state index in [-0.39, 0.29) is 5.56 Å². The van der Waals surface area contributed by atoms with Gasteiger partial charge < -0.3 is 15.7 Å². The second-order valence-electron chi connectivity index (χ2n) is 3.85. The molecule has 1 aromatic carbocycles. The fourth-order valence-electron chi connectivity index (χ4n) is 1.64. The molecule has 1 heterocycles. The first-order valence-corrected chi connectivity index (χ1v) is 5.19. The molecule has 0 aliphatic carbocycles. The molecule has 1 aromatic heterocycles. The van der Waals surface area contributed by atoms with Crippen molar-refractivity contribution in [2.75, 3.05) is 5.73 Å². The summed E-state index contributed by atoms with van der Waals surface area (Å²) in [5.74, 6) is 0. The average molecular weight is 227 g/mol. The van der Waals surface area contributed by atoms with Crippen molar-refractivity contribution in [3.05, 3.63) is 52.4 Å². The highest BCUT2D eigenvalue weighted by molar-refractivity contribution is 5.87. The fourth-order valence-corrected chi connectivity index (χ4v) is 1.64. The average Bonchev–Trinajstić information content (AvgIpc) is 2.33. The van der Waals surface area contributed by atoms with E-state index in [0.717, 1.165) is 11.1 Å². The van der Waals surface area contributed by atoms with E-state index in [0.29, 0.717) is 11.3 Å². The summed E-state index contributed by atoms with van der Waals surface area (Å²) in [5.41, 5.74) is 8.80. The van der Waals surface area contributed by atoms with Crippen molar-refractivity contribution in [1.82, 2.24) is 4.57 Å². The Morgan fingerprint density at radius 2 is 1.94 bits per heavy atom. The number of aryl methyl sites for hydroxylation is 1. The van der Waals surface area contributed by atoms with Gasteiger partial charge in [0.15, 0.2) is 0 Å². The molecule has 0 spiro atoms. The minimum Gasteiger partial charge on any atom is -0.398 e. The molecular formula is C13H13N3O. The van der Waals surface area contributed by atoms with Gasteiger partial charge in [-0.15, -0.1) is 0 Å². The first-order chi connectivity index (χ1) is 8.11. The summed E-state index contributed by atoms with van der Waals surface area (Å²) in [5, 5.41) is 7.26. The number of nitrogens with one attached hydrogen (secondary N) is 1. The molecule has 4 heteroatoms. The second-order valence-corrected chi connectivity index (χ2v) is 3.85. The number of nitrogens with two attached hydrogens (primary N) is 1. The van der Waals surface area contributed by atoms with Gasteiger partial charge in [0.25, 0.3) is 0 Å². The van der Waals surface area contributed by atoms with Gasteiger partial charge in [0.2, 0.25) is 5.56 Å². The molecule has 0 radical (unpaired) electrons. The zero-order valence-electron chi connectivity index (χ0n) is 9.47. The third-order valence-electron chi connectivity index (χ3n) is 2.66. The summed E-state index contributed by atoms with van der Waals surface area (Å²) >= 11 is 0. The van der Waals surface area contributed by atoms with Crippen LogP contribution in [0.3, 0.4) is 0 Å². The first-order valence-electron chi connectivity index (χ1n) is 5.19. The van der Waals surface area contributed by atoms with Gasteiger partial charge in [-0.2, -0.15) is 0 Å². The molecule has 4 nitrogen and oxygen atoms in total. The summed E-state index contributed by atoms with van der Waals surface area (Å²) in [4.78, 5) is 11.3.